The number of allylic oxidation sites excluding steroid dienone is 1. The fourth-order valence-electron chi connectivity index (χ4n) is 3.55. The molecule has 29 heavy (non-hydrogen) atoms. The molecule has 3 heterocycles. The Morgan fingerprint density at radius 1 is 1.03 bits per heavy atom. The maximum Gasteiger partial charge on any atom is 0.263 e. The maximum absolute atomic E-state index is 12.9. The lowest BCUT2D eigenvalue weighted by atomic mass is 10.1. The second kappa shape index (κ2) is 7.18. The highest BCUT2D eigenvalue weighted by Crippen LogP contribution is 2.27. The van der Waals surface area contributed by atoms with Crippen molar-refractivity contribution >= 4 is 39.3 Å². The summed E-state index contributed by atoms with van der Waals surface area (Å²) in [4.78, 5) is 17.4. The number of para-hydroxylation sites is 2. The normalized spacial score (nSPS) is 11.4. The van der Waals surface area contributed by atoms with E-state index in [9.17, 15) is 4.79 Å². The van der Waals surface area contributed by atoms with E-state index >= 15 is 0 Å². The SMILES string of the molecule is C=CCn1c(=O)c2ccccc2n2c(SCc3cccc4cccnc34)nnc12. The molecule has 0 bridgehead atoms. The van der Waals surface area contributed by atoms with Crippen molar-refractivity contribution in [3.8, 4) is 0 Å². The molecule has 0 spiro atoms. The molecule has 0 aliphatic carbocycles. The topological polar surface area (TPSA) is 65.1 Å². The lowest BCUT2D eigenvalue weighted by Crippen LogP contribution is -2.22. The Morgan fingerprint density at radius 3 is 2.79 bits per heavy atom. The van der Waals surface area contributed by atoms with Gasteiger partial charge in [0.05, 0.1) is 16.4 Å². The van der Waals surface area contributed by atoms with Crippen molar-refractivity contribution in [3.63, 3.8) is 0 Å². The quantitative estimate of drug-likeness (QED) is 0.329. The molecule has 2 aromatic carbocycles. The summed E-state index contributed by atoms with van der Waals surface area (Å²) in [5.74, 6) is 1.22. The first kappa shape index (κ1) is 17.6. The Morgan fingerprint density at radius 2 is 1.90 bits per heavy atom. The highest BCUT2D eigenvalue weighted by Gasteiger charge is 2.16. The third-order valence-corrected chi connectivity index (χ3v) is 5.84. The van der Waals surface area contributed by atoms with E-state index < -0.39 is 0 Å². The van der Waals surface area contributed by atoms with Crippen molar-refractivity contribution in [1.29, 1.82) is 0 Å². The predicted molar refractivity (Wildman–Crippen MR) is 116 cm³/mol. The van der Waals surface area contributed by atoms with E-state index in [1.165, 1.54) is 0 Å². The van der Waals surface area contributed by atoms with Gasteiger partial charge >= 0.3 is 0 Å². The van der Waals surface area contributed by atoms with Crippen LogP contribution in [0.15, 0.2) is 83.4 Å². The van der Waals surface area contributed by atoms with E-state index in [0.717, 1.165) is 27.1 Å². The molecule has 0 radical (unpaired) electrons. The Labute approximate surface area is 170 Å². The first-order valence-electron chi connectivity index (χ1n) is 9.21. The molecule has 142 valence electrons. The molecule has 0 aliphatic rings. The van der Waals surface area contributed by atoms with Crippen molar-refractivity contribution in [3.05, 3.63) is 89.4 Å². The molecule has 0 unspecified atom stereocenters. The van der Waals surface area contributed by atoms with E-state index in [1.54, 1.807) is 22.4 Å². The van der Waals surface area contributed by atoms with Gasteiger partial charge in [-0.05, 0) is 23.8 Å². The number of thioether (sulfide) groups is 1. The summed E-state index contributed by atoms with van der Waals surface area (Å²) in [5.41, 5.74) is 2.84. The molecule has 3 aromatic heterocycles. The third-order valence-electron chi connectivity index (χ3n) is 4.86. The van der Waals surface area contributed by atoms with Crippen molar-refractivity contribution in [2.24, 2.45) is 0 Å². The molecule has 0 saturated heterocycles. The smallest absolute Gasteiger partial charge is 0.263 e. The van der Waals surface area contributed by atoms with E-state index in [4.69, 9.17) is 0 Å². The van der Waals surface area contributed by atoms with Crippen LogP contribution in [0.2, 0.25) is 0 Å². The number of hydrogen-bond acceptors (Lipinski definition) is 5. The standard InChI is InChI=1S/C22H17N5OS/c1-2-13-26-20(28)17-10-3-4-11-18(17)27-21(26)24-25-22(27)29-14-16-8-5-7-15-9-6-12-23-19(15)16/h2-12H,1,13-14H2. The van der Waals surface area contributed by atoms with E-state index in [-0.39, 0.29) is 5.56 Å². The zero-order chi connectivity index (χ0) is 19.8. The highest BCUT2D eigenvalue weighted by molar-refractivity contribution is 7.98. The lowest BCUT2D eigenvalue weighted by Gasteiger charge is -2.10. The fraction of sp³-hybridized carbons (Fsp3) is 0.0909. The monoisotopic (exact) mass is 399 g/mol. The van der Waals surface area contributed by atoms with Gasteiger partial charge in [0.1, 0.15) is 0 Å². The number of benzene rings is 2. The summed E-state index contributed by atoms with van der Waals surface area (Å²) >= 11 is 1.58. The van der Waals surface area contributed by atoms with Gasteiger partial charge < -0.3 is 0 Å². The molecule has 0 fully saturated rings. The van der Waals surface area contributed by atoms with Crippen LogP contribution in [0.1, 0.15) is 5.56 Å². The summed E-state index contributed by atoms with van der Waals surface area (Å²) in [5, 5.41) is 11.2. The minimum atomic E-state index is -0.0878. The van der Waals surface area contributed by atoms with Crippen LogP contribution < -0.4 is 5.56 Å². The van der Waals surface area contributed by atoms with Crippen LogP contribution in [0.5, 0.6) is 0 Å². The third kappa shape index (κ3) is 2.91. The Balaban J connectivity index is 1.64. The molecular formula is C22H17N5OS. The summed E-state index contributed by atoms with van der Waals surface area (Å²) in [6.07, 6.45) is 3.50. The molecule has 6 nitrogen and oxygen atoms in total. The number of rotatable bonds is 5. The van der Waals surface area contributed by atoms with E-state index in [1.807, 2.05) is 47.0 Å². The van der Waals surface area contributed by atoms with Gasteiger partial charge in [0, 0.05) is 23.9 Å². The van der Waals surface area contributed by atoms with Crippen molar-refractivity contribution < 1.29 is 0 Å². The van der Waals surface area contributed by atoms with Gasteiger partial charge in [-0.3, -0.25) is 18.7 Å². The van der Waals surface area contributed by atoms with Gasteiger partial charge in [-0.25, -0.2) is 0 Å². The molecule has 5 rings (SSSR count). The van der Waals surface area contributed by atoms with Gasteiger partial charge in [0.2, 0.25) is 5.78 Å². The second-order valence-corrected chi connectivity index (χ2v) is 7.56. The van der Waals surface area contributed by atoms with Crippen LogP contribution in [-0.2, 0) is 12.3 Å². The van der Waals surface area contributed by atoms with Crippen molar-refractivity contribution in [2.45, 2.75) is 17.5 Å². The van der Waals surface area contributed by atoms with Crippen molar-refractivity contribution in [2.75, 3.05) is 0 Å². The van der Waals surface area contributed by atoms with E-state index in [2.05, 4.69) is 40.0 Å². The predicted octanol–water partition coefficient (Wildman–Crippen LogP) is 4.07. The van der Waals surface area contributed by atoms with E-state index in [0.29, 0.717) is 23.5 Å². The number of hydrogen-bond donors (Lipinski definition) is 0. The average molecular weight is 399 g/mol. The maximum atomic E-state index is 12.9. The van der Waals surface area contributed by atoms with Crippen LogP contribution in [-0.4, -0.2) is 24.1 Å². The number of fused-ring (bicyclic) bond motifs is 4. The fourth-order valence-corrected chi connectivity index (χ4v) is 4.47. The van der Waals surface area contributed by atoms with Gasteiger partial charge in [-0.15, -0.1) is 16.8 Å². The largest absolute Gasteiger partial charge is 0.272 e. The first-order chi connectivity index (χ1) is 14.3. The van der Waals surface area contributed by atoms with Crippen LogP contribution in [0.25, 0.3) is 27.6 Å². The zero-order valence-corrected chi connectivity index (χ0v) is 16.3. The molecular weight excluding hydrogens is 382 g/mol. The van der Waals surface area contributed by atoms with Gasteiger partial charge in [-0.1, -0.05) is 54.2 Å². The minimum Gasteiger partial charge on any atom is -0.272 e. The second-order valence-electron chi connectivity index (χ2n) is 6.62. The molecule has 0 atom stereocenters. The molecule has 0 aliphatic heterocycles. The molecule has 0 N–H and O–H groups in total. The van der Waals surface area contributed by atoms with Crippen LogP contribution >= 0.6 is 11.8 Å². The molecule has 7 heteroatoms. The van der Waals surface area contributed by atoms with Gasteiger partial charge in [0.25, 0.3) is 5.56 Å². The van der Waals surface area contributed by atoms with Crippen LogP contribution in [0.3, 0.4) is 0 Å². The molecule has 5 aromatic rings. The minimum absolute atomic E-state index is 0.0878. The molecule has 0 saturated carbocycles. The summed E-state index contributed by atoms with van der Waals surface area (Å²) in [7, 11) is 0. The highest BCUT2D eigenvalue weighted by atomic mass is 32.2. The molecule has 0 amide bonds. The Bertz CT molecular complexity index is 1430. The summed E-state index contributed by atoms with van der Waals surface area (Å²) < 4.78 is 3.55. The Kier molecular flexibility index (Phi) is 4.37. The van der Waals surface area contributed by atoms with Gasteiger partial charge in [-0.2, -0.15) is 0 Å². The van der Waals surface area contributed by atoms with Crippen LogP contribution in [0, 0.1) is 0 Å². The first-order valence-corrected chi connectivity index (χ1v) is 10.2. The lowest BCUT2D eigenvalue weighted by molar-refractivity contribution is 0.783. The summed E-state index contributed by atoms with van der Waals surface area (Å²) in [6, 6.07) is 17.7. The van der Waals surface area contributed by atoms with Crippen LogP contribution in [0.4, 0.5) is 0 Å². The zero-order valence-electron chi connectivity index (χ0n) is 15.5. The summed E-state index contributed by atoms with van der Waals surface area (Å²) in [6.45, 7) is 4.14. The average Bonchev–Trinajstić information content (AvgIpc) is 3.19. The van der Waals surface area contributed by atoms with Crippen molar-refractivity contribution in [1.82, 2.24) is 24.1 Å². The number of nitrogens with zero attached hydrogens (tertiary/aromatic N) is 5. The number of pyridine rings is 1. The van der Waals surface area contributed by atoms with Gasteiger partial charge in [0.15, 0.2) is 5.16 Å². The number of aromatic nitrogens is 5. The Hall–Kier alpha value is -3.45.